The molecule has 2 N–H and O–H groups in total. The maximum atomic E-state index is 14.3. The van der Waals surface area contributed by atoms with E-state index >= 15 is 0 Å². The molecule has 5 aliphatic heterocycles. The molecule has 11 nitrogen and oxygen atoms in total. The maximum Gasteiger partial charge on any atom is 0.309 e. The van der Waals surface area contributed by atoms with Crippen molar-refractivity contribution >= 4 is 23.7 Å². The van der Waals surface area contributed by atoms with Crippen LogP contribution in [0.1, 0.15) is 80.1 Å². The summed E-state index contributed by atoms with van der Waals surface area (Å²) in [6, 6.07) is 0. The lowest BCUT2D eigenvalue weighted by atomic mass is 9.67. The molecule has 0 unspecified atom stereocenters. The average Bonchev–Trinajstić information content (AvgIpc) is 2.99. The minimum atomic E-state index is -2.17. The summed E-state index contributed by atoms with van der Waals surface area (Å²) in [5.41, 5.74) is -4.08. The van der Waals surface area contributed by atoms with E-state index in [0.29, 0.717) is 25.7 Å². The molecule has 5 heterocycles. The van der Waals surface area contributed by atoms with Gasteiger partial charge in [0.05, 0.1) is 23.9 Å². The first kappa shape index (κ1) is 28.7. The van der Waals surface area contributed by atoms with Crippen LogP contribution in [-0.2, 0) is 42.9 Å². The van der Waals surface area contributed by atoms with Crippen LogP contribution in [0.3, 0.4) is 0 Å². The average molecular weight is 591 g/mol. The molecule has 5 saturated heterocycles. The number of carbonyl (C=O) groups is 4. The van der Waals surface area contributed by atoms with Gasteiger partial charge in [-0.2, -0.15) is 0 Å². The molecule has 0 aromatic heterocycles. The Balaban J connectivity index is 1.24. The van der Waals surface area contributed by atoms with Crippen molar-refractivity contribution in [1.82, 2.24) is 0 Å². The van der Waals surface area contributed by atoms with E-state index in [-0.39, 0.29) is 42.5 Å². The number of aliphatic hydroxyl groups is 2. The fourth-order valence-electron chi connectivity index (χ4n) is 10.7. The van der Waals surface area contributed by atoms with Gasteiger partial charge in [0.1, 0.15) is 30.0 Å². The van der Waals surface area contributed by atoms with Crippen molar-refractivity contribution in [2.45, 2.75) is 127 Å². The third-order valence-electron chi connectivity index (χ3n) is 12.4. The second-order valence-electron chi connectivity index (χ2n) is 15.0. The molecule has 2 spiro atoms. The fourth-order valence-corrected chi connectivity index (χ4v) is 10.7. The molecule has 7 rings (SSSR count). The highest BCUT2D eigenvalue weighted by Crippen LogP contribution is 2.76. The molecule has 2 aliphatic carbocycles. The van der Waals surface area contributed by atoms with E-state index in [0.717, 1.165) is 0 Å². The number of ketones is 1. The van der Waals surface area contributed by atoms with Crippen molar-refractivity contribution in [3.63, 3.8) is 0 Å². The first-order chi connectivity index (χ1) is 19.5. The Bertz CT molecular complexity index is 1260. The number of cyclic esters (lactones) is 1. The van der Waals surface area contributed by atoms with Crippen LogP contribution in [0.25, 0.3) is 0 Å². The maximum absolute atomic E-state index is 14.3. The topological polar surface area (TPSA) is 155 Å². The zero-order chi connectivity index (χ0) is 30.4. The molecule has 42 heavy (non-hydrogen) atoms. The molecule has 2 saturated carbocycles. The Morgan fingerprint density at radius 1 is 1.12 bits per heavy atom. The van der Waals surface area contributed by atoms with Gasteiger partial charge in [0.15, 0.2) is 11.4 Å². The van der Waals surface area contributed by atoms with Crippen molar-refractivity contribution in [2.24, 2.45) is 40.9 Å². The lowest BCUT2D eigenvalue weighted by molar-refractivity contribution is -0.276. The van der Waals surface area contributed by atoms with E-state index in [1.807, 2.05) is 27.7 Å². The van der Waals surface area contributed by atoms with E-state index < -0.39 is 82.0 Å². The second-order valence-corrected chi connectivity index (χ2v) is 15.0. The zero-order valence-electron chi connectivity index (χ0n) is 25.1. The number of rotatable bonds is 4. The standard InChI is InChI=1S/C31H42O11/c1-13-11-17(39-25(13)35)22(38-15(3)32)14(2)21-23-28(21,6)9-10-29-16(24(34)31(23,37)42-29)7-8-18-27(4,5)40-19-12-20(33)41-30(18,19)26(29)36/h13-14,16-19,21-23,26,36-37H,7-12H2,1-6H3/t13-,14-,16-,17-,18-,19+,21+,22-,23-,26-,28+,29+,30+,31-/m0/s1. The summed E-state index contributed by atoms with van der Waals surface area (Å²) in [7, 11) is 0. The highest BCUT2D eigenvalue weighted by Gasteiger charge is 2.85. The van der Waals surface area contributed by atoms with Gasteiger partial charge < -0.3 is 33.9 Å². The molecule has 14 atom stereocenters. The summed E-state index contributed by atoms with van der Waals surface area (Å²) < 4.78 is 30.2. The number of aliphatic hydroxyl groups excluding tert-OH is 1. The van der Waals surface area contributed by atoms with Crippen LogP contribution < -0.4 is 0 Å². The Labute approximate surface area is 244 Å². The molecule has 0 aromatic rings. The van der Waals surface area contributed by atoms with E-state index in [1.54, 1.807) is 6.92 Å². The first-order valence-corrected chi connectivity index (χ1v) is 15.4. The van der Waals surface area contributed by atoms with E-state index in [9.17, 15) is 29.4 Å². The number of Topliss-reactive ketones (excluding diaryl/α,β-unsaturated/α-hetero) is 1. The smallest absolute Gasteiger partial charge is 0.309 e. The van der Waals surface area contributed by atoms with Crippen molar-refractivity contribution in [1.29, 1.82) is 0 Å². The molecule has 7 aliphatic rings. The van der Waals surface area contributed by atoms with Crippen LogP contribution in [0, 0.1) is 40.9 Å². The summed E-state index contributed by atoms with van der Waals surface area (Å²) in [6.07, 6.45) is -1.37. The molecule has 11 heteroatoms. The number of hydrogen-bond acceptors (Lipinski definition) is 11. The van der Waals surface area contributed by atoms with Crippen molar-refractivity contribution < 1.29 is 53.1 Å². The monoisotopic (exact) mass is 590 g/mol. The minimum Gasteiger partial charge on any atom is -0.458 e. The molecule has 7 fully saturated rings. The van der Waals surface area contributed by atoms with Gasteiger partial charge in [-0.1, -0.05) is 20.8 Å². The van der Waals surface area contributed by atoms with Gasteiger partial charge in [-0.15, -0.1) is 0 Å². The van der Waals surface area contributed by atoms with Gasteiger partial charge in [0.2, 0.25) is 5.79 Å². The summed E-state index contributed by atoms with van der Waals surface area (Å²) in [4.78, 5) is 51.3. The number of esters is 3. The summed E-state index contributed by atoms with van der Waals surface area (Å²) >= 11 is 0. The Morgan fingerprint density at radius 3 is 2.48 bits per heavy atom. The molecule has 232 valence electrons. The van der Waals surface area contributed by atoms with Crippen molar-refractivity contribution in [2.75, 3.05) is 0 Å². The van der Waals surface area contributed by atoms with Gasteiger partial charge in [-0.3, -0.25) is 19.2 Å². The normalized spacial score (nSPS) is 53.0. The van der Waals surface area contributed by atoms with Gasteiger partial charge in [-0.25, -0.2) is 0 Å². The van der Waals surface area contributed by atoms with Crippen LogP contribution in [0.2, 0.25) is 0 Å². The van der Waals surface area contributed by atoms with E-state index in [4.69, 9.17) is 23.7 Å². The summed E-state index contributed by atoms with van der Waals surface area (Å²) in [5, 5.41) is 24.5. The SMILES string of the molecule is CC(=O)O[C@@H]([C@@H](C)[C@@H]1[C@H]2[C@]1(C)CC[C@@]13O[C@]2(O)C(=O)[C@@H]1CC[C@H]1C(C)(C)O[C@@H]2CC(=O)O[C@@]21[C@H]3O)[C@@H]1C[C@H](C)C(=O)O1. The summed E-state index contributed by atoms with van der Waals surface area (Å²) in [5.74, 6) is -6.62. The quantitative estimate of drug-likeness (QED) is 0.364. The number of hydrogen-bond donors (Lipinski definition) is 2. The molecule has 2 bridgehead atoms. The van der Waals surface area contributed by atoms with Crippen molar-refractivity contribution in [3.8, 4) is 0 Å². The lowest BCUT2D eigenvalue weighted by Crippen LogP contribution is -2.63. The lowest BCUT2D eigenvalue weighted by Gasteiger charge is -2.45. The number of fused-ring (bicyclic) bond motifs is 3. The van der Waals surface area contributed by atoms with Gasteiger partial charge in [-0.05, 0) is 50.9 Å². The Hall–Kier alpha value is -2.08. The van der Waals surface area contributed by atoms with E-state index in [2.05, 4.69) is 0 Å². The molecule has 0 aromatic carbocycles. The third-order valence-corrected chi connectivity index (χ3v) is 12.4. The van der Waals surface area contributed by atoms with Gasteiger partial charge in [0, 0.05) is 31.1 Å². The van der Waals surface area contributed by atoms with Crippen LogP contribution in [-0.4, -0.2) is 80.9 Å². The number of ether oxygens (including phenoxy) is 5. The predicted octanol–water partition coefficient (Wildman–Crippen LogP) is 1.83. The van der Waals surface area contributed by atoms with Crippen molar-refractivity contribution in [3.05, 3.63) is 0 Å². The molecular formula is C31H42O11. The largest absolute Gasteiger partial charge is 0.458 e. The van der Waals surface area contributed by atoms with E-state index in [1.165, 1.54) is 6.92 Å². The van der Waals surface area contributed by atoms with Gasteiger partial charge in [0.25, 0.3) is 0 Å². The third kappa shape index (κ3) is 3.37. The fraction of sp³-hybridized carbons (Fsp3) is 0.871. The highest BCUT2D eigenvalue weighted by atomic mass is 16.7. The first-order valence-electron chi connectivity index (χ1n) is 15.4. The van der Waals surface area contributed by atoms with Gasteiger partial charge >= 0.3 is 17.9 Å². The van der Waals surface area contributed by atoms with Crippen LogP contribution in [0.4, 0.5) is 0 Å². The number of carbonyl (C=O) groups excluding carboxylic acids is 4. The summed E-state index contributed by atoms with van der Waals surface area (Å²) in [6.45, 7) is 10.8. The van der Waals surface area contributed by atoms with Crippen LogP contribution in [0.5, 0.6) is 0 Å². The highest BCUT2D eigenvalue weighted by molar-refractivity contribution is 5.92. The second kappa shape index (κ2) is 8.55. The van der Waals surface area contributed by atoms with Crippen LogP contribution >= 0.6 is 0 Å². The minimum absolute atomic E-state index is 0.0117. The Kier molecular flexibility index (Phi) is 5.84. The molecular weight excluding hydrogens is 548 g/mol. The van der Waals surface area contributed by atoms with Crippen LogP contribution in [0.15, 0.2) is 0 Å². The zero-order valence-corrected chi connectivity index (χ0v) is 25.1. The molecule has 0 radical (unpaired) electrons. The predicted molar refractivity (Wildman–Crippen MR) is 141 cm³/mol. The Morgan fingerprint density at radius 2 is 1.83 bits per heavy atom. The molecule has 0 amide bonds.